The maximum absolute atomic E-state index is 14.0. The maximum Gasteiger partial charge on any atom is 0.255 e. The van der Waals surface area contributed by atoms with E-state index >= 15 is 0 Å². The van der Waals surface area contributed by atoms with Gasteiger partial charge in [-0.1, -0.05) is 66.4 Å². The van der Waals surface area contributed by atoms with Gasteiger partial charge in [0.2, 0.25) is 0 Å². The average molecular weight is 553 g/mol. The Hall–Kier alpha value is -2.97. The van der Waals surface area contributed by atoms with Crippen molar-refractivity contribution in [2.75, 3.05) is 0 Å². The highest BCUT2D eigenvalue weighted by atomic mass is 35.5. The van der Waals surface area contributed by atoms with Crippen molar-refractivity contribution in [2.24, 2.45) is 5.73 Å². The second kappa shape index (κ2) is 11.4. The van der Waals surface area contributed by atoms with Crippen LogP contribution in [0.4, 0.5) is 0 Å². The number of nitrogens with two attached hydrogens (primary N) is 1. The van der Waals surface area contributed by atoms with Crippen LogP contribution in [0, 0.1) is 6.92 Å². The van der Waals surface area contributed by atoms with Crippen LogP contribution in [-0.4, -0.2) is 33.8 Å². The zero-order valence-electron chi connectivity index (χ0n) is 21.1. The Kier molecular flexibility index (Phi) is 8.00. The first-order valence-corrected chi connectivity index (χ1v) is 13.6. The molecule has 0 spiro atoms. The summed E-state index contributed by atoms with van der Waals surface area (Å²) < 4.78 is 0. The standard InChI is InChI=1S/C29H30Cl2N4O3/c1-17-10-12-19(33-15-17)16-38-34-28(36)26-20-6-2-3-7-21(20)29(37)35(25-9-5-4-8-24(25)32)27(26)22-13-11-18(30)14-23(22)31/h2-3,6-7,10-15,24-27H,4-5,8-9,16,32H2,1H3,(H,34,36)/t24-,25-,26+,27-/m0/s1. The third-order valence-corrected chi connectivity index (χ3v) is 8.01. The summed E-state index contributed by atoms with van der Waals surface area (Å²) in [5.41, 5.74) is 12.7. The minimum absolute atomic E-state index is 0.100. The fraction of sp³-hybridized carbons (Fsp3) is 0.345. The monoisotopic (exact) mass is 552 g/mol. The van der Waals surface area contributed by atoms with E-state index in [0.717, 1.165) is 31.2 Å². The largest absolute Gasteiger partial charge is 0.326 e. The van der Waals surface area contributed by atoms with Crippen LogP contribution in [0.5, 0.6) is 0 Å². The number of carbonyl (C=O) groups excluding carboxylic acids is 2. The number of carbonyl (C=O) groups is 2. The van der Waals surface area contributed by atoms with E-state index in [9.17, 15) is 9.59 Å². The predicted molar refractivity (Wildman–Crippen MR) is 147 cm³/mol. The van der Waals surface area contributed by atoms with E-state index in [0.29, 0.717) is 32.4 Å². The van der Waals surface area contributed by atoms with Gasteiger partial charge in [0.15, 0.2) is 0 Å². The Balaban J connectivity index is 1.55. The summed E-state index contributed by atoms with van der Waals surface area (Å²) in [4.78, 5) is 39.7. The summed E-state index contributed by atoms with van der Waals surface area (Å²) in [5, 5.41) is 0.851. The van der Waals surface area contributed by atoms with Crippen LogP contribution in [0.1, 0.15) is 70.4 Å². The lowest BCUT2D eigenvalue weighted by Gasteiger charge is -2.48. The quantitative estimate of drug-likeness (QED) is 0.393. The van der Waals surface area contributed by atoms with Gasteiger partial charge in [0.25, 0.3) is 11.8 Å². The van der Waals surface area contributed by atoms with Crippen molar-refractivity contribution in [1.82, 2.24) is 15.4 Å². The molecule has 1 aliphatic carbocycles. The molecule has 0 radical (unpaired) electrons. The molecule has 198 valence electrons. The third-order valence-electron chi connectivity index (χ3n) is 7.44. The topological polar surface area (TPSA) is 97.5 Å². The molecule has 4 atom stereocenters. The van der Waals surface area contributed by atoms with Crippen molar-refractivity contribution < 1.29 is 14.4 Å². The van der Waals surface area contributed by atoms with Crippen LogP contribution in [0.15, 0.2) is 60.8 Å². The molecule has 2 heterocycles. The molecule has 3 N–H and O–H groups in total. The summed E-state index contributed by atoms with van der Waals surface area (Å²) >= 11 is 12.9. The molecular formula is C29H30Cl2N4O3. The van der Waals surface area contributed by atoms with Gasteiger partial charge < -0.3 is 10.6 Å². The smallest absolute Gasteiger partial charge is 0.255 e. The summed E-state index contributed by atoms with van der Waals surface area (Å²) in [5.74, 6) is -1.34. The number of aromatic nitrogens is 1. The molecule has 5 rings (SSSR count). The highest BCUT2D eigenvalue weighted by molar-refractivity contribution is 6.35. The maximum atomic E-state index is 14.0. The van der Waals surface area contributed by atoms with E-state index in [1.165, 1.54) is 0 Å². The second-order valence-electron chi connectivity index (χ2n) is 9.99. The molecule has 38 heavy (non-hydrogen) atoms. The van der Waals surface area contributed by atoms with Gasteiger partial charge in [0.05, 0.1) is 17.7 Å². The molecule has 1 fully saturated rings. The Labute approximate surface area is 232 Å². The minimum atomic E-state index is -0.789. The number of nitrogens with one attached hydrogen (secondary N) is 1. The van der Waals surface area contributed by atoms with E-state index in [4.69, 9.17) is 33.8 Å². The fourth-order valence-electron chi connectivity index (χ4n) is 5.59. The summed E-state index contributed by atoms with van der Waals surface area (Å²) in [7, 11) is 0. The number of nitrogens with zero attached hydrogens (tertiary/aromatic N) is 2. The lowest BCUT2D eigenvalue weighted by molar-refractivity contribution is -0.138. The average Bonchev–Trinajstić information content (AvgIpc) is 2.90. The normalized spacial score (nSPS) is 23.2. The van der Waals surface area contributed by atoms with Crippen molar-refractivity contribution in [1.29, 1.82) is 0 Å². The van der Waals surface area contributed by atoms with Gasteiger partial charge in [0, 0.05) is 33.9 Å². The molecule has 9 heteroatoms. The molecule has 1 saturated carbocycles. The van der Waals surface area contributed by atoms with Crippen LogP contribution in [-0.2, 0) is 16.2 Å². The molecule has 2 aliphatic rings. The van der Waals surface area contributed by atoms with Gasteiger partial charge in [-0.3, -0.25) is 19.4 Å². The highest BCUT2D eigenvalue weighted by Crippen LogP contribution is 2.47. The number of halogens is 2. The van der Waals surface area contributed by atoms with Gasteiger partial charge >= 0.3 is 0 Å². The minimum Gasteiger partial charge on any atom is -0.326 e. The van der Waals surface area contributed by atoms with E-state index in [1.807, 2.05) is 31.2 Å². The number of hydrogen-bond donors (Lipinski definition) is 2. The Morgan fingerprint density at radius 2 is 1.89 bits per heavy atom. The van der Waals surface area contributed by atoms with Crippen LogP contribution in [0.2, 0.25) is 10.0 Å². The van der Waals surface area contributed by atoms with Crippen molar-refractivity contribution >= 4 is 35.0 Å². The van der Waals surface area contributed by atoms with E-state index in [1.54, 1.807) is 41.4 Å². The number of fused-ring (bicyclic) bond motifs is 1. The van der Waals surface area contributed by atoms with Crippen molar-refractivity contribution in [3.8, 4) is 0 Å². The van der Waals surface area contributed by atoms with E-state index in [-0.39, 0.29) is 30.5 Å². The third kappa shape index (κ3) is 5.29. The number of benzene rings is 2. The molecule has 7 nitrogen and oxygen atoms in total. The van der Waals surface area contributed by atoms with Crippen molar-refractivity contribution in [2.45, 2.75) is 63.3 Å². The zero-order valence-corrected chi connectivity index (χ0v) is 22.6. The number of pyridine rings is 1. The van der Waals surface area contributed by atoms with Crippen LogP contribution in [0.3, 0.4) is 0 Å². The first-order chi connectivity index (χ1) is 18.3. The second-order valence-corrected chi connectivity index (χ2v) is 10.8. The summed E-state index contributed by atoms with van der Waals surface area (Å²) in [6, 6.07) is 15.0. The number of rotatable bonds is 6. The van der Waals surface area contributed by atoms with E-state index in [2.05, 4.69) is 10.5 Å². The predicted octanol–water partition coefficient (Wildman–Crippen LogP) is 5.50. The Morgan fingerprint density at radius 3 is 2.63 bits per heavy atom. The molecule has 0 bridgehead atoms. The Morgan fingerprint density at radius 1 is 1.11 bits per heavy atom. The van der Waals surface area contributed by atoms with Gasteiger partial charge in [-0.2, -0.15) is 0 Å². The molecule has 2 amide bonds. The van der Waals surface area contributed by atoms with Crippen molar-refractivity contribution in [3.05, 3.63) is 98.8 Å². The number of aryl methyl sites for hydroxylation is 1. The molecule has 1 aromatic heterocycles. The first kappa shape index (κ1) is 26.6. The van der Waals surface area contributed by atoms with Crippen LogP contribution < -0.4 is 11.2 Å². The molecular weight excluding hydrogens is 523 g/mol. The van der Waals surface area contributed by atoms with E-state index < -0.39 is 12.0 Å². The number of amides is 2. The Bertz CT molecular complexity index is 1330. The molecule has 3 aromatic rings. The lowest BCUT2D eigenvalue weighted by Crippen LogP contribution is -2.57. The summed E-state index contributed by atoms with van der Waals surface area (Å²) in [6.45, 7) is 2.05. The first-order valence-electron chi connectivity index (χ1n) is 12.8. The number of hydroxylamine groups is 1. The zero-order chi connectivity index (χ0) is 26.8. The highest BCUT2D eigenvalue weighted by Gasteiger charge is 2.48. The summed E-state index contributed by atoms with van der Waals surface area (Å²) in [6.07, 6.45) is 5.26. The van der Waals surface area contributed by atoms with Gasteiger partial charge in [0.1, 0.15) is 6.61 Å². The molecule has 0 saturated heterocycles. The lowest BCUT2D eigenvalue weighted by atomic mass is 9.76. The molecule has 1 aliphatic heterocycles. The van der Waals surface area contributed by atoms with Gasteiger partial charge in [-0.05, 0) is 60.7 Å². The van der Waals surface area contributed by atoms with Gasteiger partial charge in [-0.15, -0.1) is 0 Å². The molecule has 0 unspecified atom stereocenters. The van der Waals surface area contributed by atoms with Crippen molar-refractivity contribution in [3.63, 3.8) is 0 Å². The SMILES string of the molecule is Cc1ccc(CONC(=O)[C@@H]2c3ccccc3C(=O)N([C@H]3CCCC[C@@H]3N)[C@H]2c2ccc(Cl)cc2Cl)nc1. The van der Waals surface area contributed by atoms with Crippen LogP contribution >= 0.6 is 23.2 Å². The fourth-order valence-corrected chi connectivity index (χ4v) is 6.11. The van der Waals surface area contributed by atoms with Gasteiger partial charge in [-0.25, -0.2) is 5.48 Å². The molecule has 2 aromatic carbocycles. The number of hydrogen-bond acceptors (Lipinski definition) is 5. The van der Waals surface area contributed by atoms with Crippen LogP contribution in [0.25, 0.3) is 0 Å².